The van der Waals surface area contributed by atoms with Crippen LogP contribution in [0, 0.1) is 11.8 Å². The number of ketones is 1. The van der Waals surface area contributed by atoms with Gasteiger partial charge in [-0.15, -0.1) is 11.3 Å². The maximum atomic E-state index is 13.4. The molecule has 0 aliphatic heterocycles. The summed E-state index contributed by atoms with van der Waals surface area (Å²) in [6.07, 6.45) is 4.73. The Labute approximate surface area is 207 Å². The lowest BCUT2D eigenvalue weighted by atomic mass is 10.00. The van der Waals surface area contributed by atoms with Crippen LogP contribution in [0.2, 0.25) is 9.36 Å². The largest absolute Gasteiger partial charge is 0.396 e. The van der Waals surface area contributed by atoms with E-state index in [0.717, 1.165) is 24.0 Å². The Kier molecular flexibility index (Phi) is 7.66. The first-order chi connectivity index (χ1) is 15.9. The van der Waals surface area contributed by atoms with Crippen molar-refractivity contribution in [3.63, 3.8) is 0 Å². The van der Waals surface area contributed by atoms with Crippen LogP contribution < -0.4 is 10.6 Å². The van der Waals surface area contributed by atoms with Crippen LogP contribution in [0.4, 0.5) is 5.82 Å². The maximum absolute atomic E-state index is 13.4. The second kappa shape index (κ2) is 10.5. The van der Waals surface area contributed by atoms with E-state index in [9.17, 15) is 9.90 Å². The summed E-state index contributed by atoms with van der Waals surface area (Å²) in [5.41, 5.74) is 2.19. The Bertz CT molecular complexity index is 1140. The quantitative estimate of drug-likeness (QED) is 0.365. The van der Waals surface area contributed by atoms with Crippen LogP contribution in [-0.4, -0.2) is 40.6 Å². The normalized spacial score (nSPS) is 21.2. The molecule has 4 atom stereocenters. The smallest absolute Gasteiger partial charge is 0.208 e. The first-order valence-corrected chi connectivity index (χ1v) is 12.4. The van der Waals surface area contributed by atoms with Crippen molar-refractivity contribution in [2.45, 2.75) is 31.8 Å². The van der Waals surface area contributed by atoms with Gasteiger partial charge in [-0.1, -0.05) is 42.3 Å². The third-order valence-corrected chi connectivity index (χ3v) is 7.92. The molecule has 3 N–H and O–H groups in total. The second-order valence-electron chi connectivity index (χ2n) is 8.46. The minimum atomic E-state index is -0.200. The summed E-state index contributed by atoms with van der Waals surface area (Å²) in [6, 6.07) is 9.34. The average Bonchev–Trinajstić information content (AvgIpc) is 3.36. The molecule has 0 amide bonds. The molecule has 0 spiro atoms. The van der Waals surface area contributed by atoms with Crippen LogP contribution in [0.5, 0.6) is 0 Å². The summed E-state index contributed by atoms with van der Waals surface area (Å²) in [6.45, 7) is 2.31. The van der Waals surface area contributed by atoms with Crippen molar-refractivity contribution in [3.05, 3.63) is 73.8 Å². The van der Waals surface area contributed by atoms with Gasteiger partial charge < -0.3 is 15.7 Å². The number of aliphatic hydroxyl groups excluding tert-OH is 1. The molecule has 1 fully saturated rings. The summed E-state index contributed by atoms with van der Waals surface area (Å²) in [5.74, 6) is 1.00. The third-order valence-electron chi connectivity index (χ3n) is 6.30. The van der Waals surface area contributed by atoms with Gasteiger partial charge >= 0.3 is 0 Å². The van der Waals surface area contributed by atoms with E-state index in [2.05, 4.69) is 27.5 Å². The molecule has 4 rings (SSSR count). The van der Waals surface area contributed by atoms with Gasteiger partial charge in [-0.25, -0.2) is 9.97 Å². The number of hydrogen-bond acceptors (Lipinski definition) is 7. The van der Waals surface area contributed by atoms with E-state index in [0.29, 0.717) is 31.5 Å². The summed E-state index contributed by atoms with van der Waals surface area (Å²) < 4.78 is 0.541. The van der Waals surface area contributed by atoms with Crippen LogP contribution in [0.3, 0.4) is 0 Å². The molecule has 0 bridgehead atoms. The van der Waals surface area contributed by atoms with Gasteiger partial charge in [-0.2, -0.15) is 0 Å². The van der Waals surface area contributed by atoms with Crippen molar-refractivity contribution >= 4 is 46.1 Å². The van der Waals surface area contributed by atoms with E-state index in [4.69, 9.17) is 23.2 Å². The fraction of sp³-hybridized carbons (Fsp3) is 0.375. The number of carbonyl (C=O) groups is 1. The van der Waals surface area contributed by atoms with Gasteiger partial charge in [-0.3, -0.25) is 4.79 Å². The van der Waals surface area contributed by atoms with Crippen molar-refractivity contribution in [1.82, 2.24) is 15.3 Å². The lowest BCUT2D eigenvalue weighted by molar-refractivity contribution is 0.104. The van der Waals surface area contributed by atoms with E-state index in [1.165, 1.54) is 17.7 Å². The van der Waals surface area contributed by atoms with Gasteiger partial charge in [0.25, 0.3) is 0 Å². The summed E-state index contributed by atoms with van der Waals surface area (Å²) >= 11 is 14.0. The van der Waals surface area contributed by atoms with Crippen LogP contribution in [0.25, 0.3) is 0 Å². The number of benzene rings is 1. The topological polar surface area (TPSA) is 87.1 Å². The number of nitrogens with zero attached hydrogens (tertiary/aromatic N) is 2. The molecular weight excluding hydrogens is 479 g/mol. The molecule has 174 valence electrons. The monoisotopic (exact) mass is 504 g/mol. The number of aliphatic hydroxyl groups is 1. The molecule has 1 unspecified atom stereocenters. The molecule has 1 aromatic carbocycles. The molecule has 0 radical (unpaired) electrons. The van der Waals surface area contributed by atoms with Gasteiger partial charge in [0.1, 0.15) is 12.1 Å². The van der Waals surface area contributed by atoms with Crippen molar-refractivity contribution in [3.8, 4) is 0 Å². The number of anilines is 1. The predicted octanol–water partition coefficient (Wildman–Crippen LogP) is 5.20. The highest BCUT2D eigenvalue weighted by atomic mass is 35.5. The number of rotatable bonds is 8. The van der Waals surface area contributed by atoms with Gasteiger partial charge in [0.15, 0.2) is 0 Å². The number of nitrogens with one attached hydrogen (secondary N) is 2. The molecule has 33 heavy (non-hydrogen) atoms. The highest BCUT2D eigenvalue weighted by Gasteiger charge is 2.32. The minimum absolute atomic E-state index is 0.151. The van der Waals surface area contributed by atoms with Gasteiger partial charge in [0.05, 0.1) is 20.8 Å². The summed E-state index contributed by atoms with van der Waals surface area (Å²) in [7, 11) is 1.84. The summed E-state index contributed by atoms with van der Waals surface area (Å²) in [5, 5.41) is 16.9. The van der Waals surface area contributed by atoms with Crippen LogP contribution >= 0.6 is 34.5 Å². The predicted molar refractivity (Wildman–Crippen MR) is 134 cm³/mol. The van der Waals surface area contributed by atoms with Crippen LogP contribution in [-0.2, 0) is 0 Å². The highest BCUT2D eigenvalue weighted by Crippen LogP contribution is 2.38. The number of carbonyl (C=O) groups excluding carboxylic acids is 1. The van der Waals surface area contributed by atoms with Crippen LogP contribution in [0.15, 0.2) is 42.9 Å². The van der Waals surface area contributed by atoms with Crippen LogP contribution in [0.1, 0.15) is 52.2 Å². The van der Waals surface area contributed by atoms with E-state index >= 15 is 0 Å². The van der Waals surface area contributed by atoms with Crippen molar-refractivity contribution in [2.75, 3.05) is 19.0 Å². The Morgan fingerprint density at radius 2 is 2.12 bits per heavy atom. The second-order valence-corrected chi connectivity index (χ2v) is 10.6. The fourth-order valence-electron chi connectivity index (χ4n) is 4.52. The molecule has 1 aliphatic carbocycles. The molecule has 1 saturated carbocycles. The van der Waals surface area contributed by atoms with Crippen molar-refractivity contribution < 1.29 is 9.90 Å². The van der Waals surface area contributed by atoms with Gasteiger partial charge in [-0.05, 0) is 55.5 Å². The first-order valence-electron chi connectivity index (χ1n) is 10.8. The lowest BCUT2D eigenvalue weighted by Crippen LogP contribution is -2.20. The minimum Gasteiger partial charge on any atom is -0.396 e. The molecule has 6 nitrogen and oxygen atoms in total. The third kappa shape index (κ3) is 5.23. The number of thiophene rings is 1. The zero-order valence-corrected chi connectivity index (χ0v) is 20.7. The first kappa shape index (κ1) is 24.1. The Morgan fingerprint density at radius 1 is 1.30 bits per heavy atom. The Balaban J connectivity index is 1.60. The van der Waals surface area contributed by atoms with E-state index in [1.807, 2.05) is 37.4 Å². The van der Waals surface area contributed by atoms with Crippen molar-refractivity contribution in [1.29, 1.82) is 0 Å². The Morgan fingerprint density at radius 3 is 2.82 bits per heavy atom. The lowest BCUT2D eigenvalue weighted by Gasteiger charge is -2.16. The number of hydrogen-bond donors (Lipinski definition) is 3. The molecular formula is C24H26Cl2N4O2S. The highest BCUT2D eigenvalue weighted by molar-refractivity contribution is 7.18. The number of halogens is 2. The van der Waals surface area contributed by atoms with E-state index < -0.39 is 0 Å². The standard InChI is InChI=1S/C24H26Cl2N4O2S/c1-13-6-17(8-15(13)11-31)30-24-19(10-28-12-29-24)22(32)20-9-18(23(26)33-20)21(27-2)14-4-3-5-16(25)7-14/h3-5,7,9-10,12-13,15,17,21,27,31H,6,8,11H2,1-2H3,(H,28,29,30)/t13-,15+,17-,21?/m0/s1. The molecule has 2 aromatic heterocycles. The summed E-state index contributed by atoms with van der Waals surface area (Å²) in [4.78, 5) is 22.4. The molecule has 2 heterocycles. The fourth-order valence-corrected chi connectivity index (χ4v) is 6.01. The molecule has 9 heteroatoms. The zero-order valence-electron chi connectivity index (χ0n) is 18.4. The van der Waals surface area contributed by atoms with E-state index in [-0.39, 0.29) is 30.4 Å². The molecule has 1 aliphatic rings. The van der Waals surface area contributed by atoms with Gasteiger partial charge in [0, 0.05) is 29.4 Å². The molecule has 3 aromatic rings. The number of aromatic nitrogens is 2. The SMILES string of the molecule is CNC(c1cccc(Cl)c1)c1cc(C(=O)c2cncnc2N[C@@H]2C[C@H](CO)[C@@H](C)C2)sc1Cl. The molecule has 0 saturated heterocycles. The average molecular weight is 505 g/mol. The maximum Gasteiger partial charge on any atom is 0.208 e. The zero-order chi connectivity index (χ0) is 23.5. The van der Waals surface area contributed by atoms with Gasteiger partial charge in [0.2, 0.25) is 5.78 Å². The van der Waals surface area contributed by atoms with E-state index in [1.54, 1.807) is 6.20 Å². The Hall–Kier alpha value is -2.03. The van der Waals surface area contributed by atoms with Crippen molar-refractivity contribution in [2.24, 2.45) is 11.8 Å².